The minimum absolute atomic E-state index is 0. The fourth-order valence-corrected chi connectivity index (χ4v) is 2.42. The number of aliphatic imine (C=N–C) groups is 1. The van der Waals surface area contributed by atoms with E-state index in [1.165, 1.54) is 0 Å². The first-order chi connectivity index (χ1) is 12.7. The Kier molecular flexibility index (Phi) is 11.5. The minimum atomic E-state index is -0.0473. The van der Waals surface area contributed by atoms with E-state index in [1.54, 1.807) is 12.1 Å². The average Bonchev–Trinajstić information content (AvgIpc) is 2.67. The van der Waals surface area contributed by atoms with Crippen LogP contribution in [-0.2, 0) is 6.54 Å². The molecule has 0 spiro atoms. The molecule has 2 aromatic rings. The summed E-state index contributed by atoms with van der Waals surface area (Å²) in [6, 6.07) is 16.9. The van der Waals surface area contributed by atoms with Crippen LogP contribution < -0.4 is 16.0 Å². The largest absolute Gasteiger partial charge is 0.357 e. The van der Waals surface area contributed by atoms with Crippen LogP contribution in [0, 0.1) is 0 Å². The van der Waals surface area contributed by atoms with E-state index in [-0.39, 0.29) is 29.9 Å². The van der Waals surface area contributed by atoms with Gasteiger partial charge in [0.2, 0.25) is 0 Å². The van der Waals surface area contributed by atoms with Gasteiger partial charge in [0.05, 0.1) is 6.54 Å². The van der Waals surface area contributed by atoms with Crippen molar-refractivity contribution in [2.24, 2.45) is 4.99 Å². The van der Waals surface area contributed by atoms with Crippen LogP contribution >= 0.6 is 35.6 Å². The van der Waals surface area contributed by atoms with Crippen LogP contribution in [0.25, 0.3) is 0 Å². The van der Waals surface area contributed by atoms with E-state index in [9.17, 15) is 4.79 Å². The summed E-state index contributed by atoms with van der Waals surface area (Å²) in [4.78, 5) is 16.5. The van der Waals surface area contributed by atoms with Gasteiger partial charge in [-0.15, -0.1) is 24.0 Å². The molecule has 1 amide bonds. The van der Waals surface area contributed by atoms with Gasteiger partial charge >= 0.3 is 0 Å². The second-order valence-electron chi connectivity index (χ2n) is 5.72. The molecule has 0 aliphatic carbocycles. The van der Waals surface area contributed by atoms with E-state index in [0.29, 0.717) is 18.7 Å². The van der Waals surface area contributed by atoms with Gasteiger partial charge in [-0.2, -0.15) is 0 Å². The Morgan fingerprint density at radius 1 is 0.963 bits per heavy atom. The highest BCUT2D eigenvalue weighted by molar-refractivity contribution is 14.0. The molecular weight excluding hydrogens is 475 g/mol. The second-order valence-corrected chi connectivity index (χ2v) is 6.16. The van der Waals surface area contributed by atoms with E-state index in [2.05, 4.69) is 20.9 Å². The van der Waals surface area contributed by atoms with Gasteiger partial charge in [-0.3, -0.25) is 4.79 Å². The summed E-state index contributed by atoms with van der Waals surface area (Å²) in [5.74, 6) is 0.714. The zero-order chi connectivity index (χ0) is 18.6. The molecule has 146 valence electrons. The molecule has 0 saturated heterocycles. The maximum absolute atomic E-state index is 12.0. The zero-order valence-corrected chi connectivity index (χ0v) is 18.5. The van der Waals surface area contributed by atoms with E-state index in [0.717, 1.165) is 36.1 Å². The molecule has 0 radical (unpaired) electrons. The zero-order valence-electron chi connectivity index (χ0n) is 15.4. The van der Waals surface area contributed by atoms with Crippen molar-refractivity contribution in [3.63, 3.8) is 0 Å². The molecule has 27 heavy (non-hydrogen) atoms. The minimum Gasteiger partial charge on any atom is -0.357 e. The molecule has 0 aliphatic heterocycles. The Balaban J connectivity index is 0.00000364. The number of carbonyl (C=O) groups is 1. The summed E-state index contributed by atoms with van der Waals surface area (Å²) in [7, 11) is 0. The van der Waals surface area contributed by atoms with Crippen LogP contribution in [0.3, 0.4) is 0 Å². The van der Waals surface area contributed by atoms with Crippen molar-refractivity contribution in [1.82, 2.24) is 16.0 Å². The lowest BCUT2D eigenvalue weighted by Crippen LogP contribution is -2.38. The highest BCUT2D eigenvalue weighted by Crippen LogP contribution is 2.10. The average molecular weight is 501 g/mol. The molecule has 0 saturated carbocycles. The van der Waals surface area contributed by atoms with Gasteiger partial charge in [0.1, 0.15) is 0 Å². The third kappa shape index (κ3) is 9.10. The number of hydrogen-bond donors (Lipinski definition) is 3. The fourth-order valence-electron chi connectivity index (χ4n) is 2.29. The predicted molar refractivity (Wildman–Crippen MR) is 123 cm³/mol. The normalized spacial score (nSPS) is 10.7. The molecule has 2 rings (SSSR count). The molecule has 0 aliphatic rings. The highest BCUT2D eigenvalue weighted by atomic mass is 127. The van der Waals surface area contributed by atoms with Crippen LogP contribution in [0.5, 0.6) is 0 Å². The Hall–Kier alpha value is -1.80. The number of nitrogens with one attached hydrogen (secondary N) is 3. The van der Waals surface area contributed by atoms with Crippen LogP contribution in [0.2, 0.25) is 5.02 Å². The number of carbonyl (C=O) groups excluding carboxylic acids is 1. The standard InChI is InChI=1S/C20H25ClN4O.HI/c1-2-22-20(25-15-16-9-11-18(21)12-10-16)24-14-6-13-23-19(26)17-7-4-3-5-8-17;/h3-5,7-12H,2,6,13-15H2,1H3,(H,23,26)(H2,22,24,25);1H. The Morgan fingerprint density at radius 2 is 1.63 bits per heavy atom. The quantitative estimate of drug-likeness (QED) is 0.223. The summed E-state index contributed by atoms with van der Waals surface area (Å²) in [5.41, 5.74) is 1.78. The number of halogens is 2. The van der Waals surface area contributed by atoms with E-state index in [4.69, 9.17) is 11.6 Å². The SMILES string of the molecule is CCNC(=NCc1ccc(Cl)cc1)NCCCNC(=O)c1ccccc1.I. The Morgan fingerprint density at radius 3 is 2.30 bits per heavy atom. The van der Waals surface area contributed by atoms with Crippen LogP contribution in [-0.4, -0.2) is 31.5 Å². The second kappa shape index (κ2) is 13.4. The van der Waals surface area contributed by atoms with Crippen molar-refractivity contribution in [2.45, 2.75) is 19.9 Å². The number of nitrogens with zero attached hydrogens (tertiary/aromatic N) is 1. The van der Waals surface area contributed by atoms with Gasteiger partial charge in [-0.05, 0) is 43.2 Å². The molecule has 3 N–H and O–H groups in total. The first-order valence-electron chi connectivity index (χ1n) is 8.79. The smallest absolute Gasteiger partial charge is 0.251 e. The third-order valence-corrected chi connectivity index (χ3v) is 3.90. The first kappa shape index (κ1) is 23.2. The first-order valence-corrected chi connectivity index (χ1v) is 9.16. The number of benzene rings is 2. The molecule has 2 aromatic carbocycles. The molecule has 0 aromatic heterocycles. The number of amides is 1. The van der Waals surface area contributed by atoms with Gasteiger partial charge in [-0.1, -0.05) is 41.9 Å². The molecule has 0 unspecified atom stereocenters. The topological polar surface area (TPSA) is 65.5 Å². The molecule has 0 atom stereocenters. The number of guanidine groups is 1. The molecule has 0 fully saturated rings. The fraction of sp³-hybridized carbons (Fsp3) is 0.300. The van der Waals surface area contributed by atoms with E-state index >= 15 is 0 Å². The summed E-state index contributed by atoms with van der Waals surface area (Å²) >= 11 is 5.89. The van der Waals surface area contributed by atoms with Crippen LogP contribution in [0.1, 0.15) is 29.3 Å². The lowest BCUT2D eigenvalue weighted by Gasteiger charge is -2.11. The Bertz CT molecular complexity index is 708. The molecular formula is C20H26ClIN4O. The summed E-state index contributed by atoms with van der Waals surface area (Å²) < 4.78 is 0. The van der Waals surface area contributed by atoms with Crippen LogP contribution in [0.4, 0.5) is 0 Å². The Labute approximate surface area is 183 Å². The van der Waals surface area contributed by atoms with Gasteiger partial charge in [0.25, 0.3) is 5.91 Å². The van der Waals surface area contributed by atoms with E-state index < -0.39 is 0 Å². The molecule has 0 bridgehead atoms. The van der Waals surface area contributed by atoms with Crippen molar-refractivity contribution >= 4 is 47.4 Å². The summed E-state index contributed by atoms with van der Waals surface area (Å²) in [6.45, 7) is 4.73. The van der Waals surface area contributed by atoms with Crippen molar-refractivity contribution in [2.75, 3.05) is 19.6 Å². The predicted octanol–water partition coefficient (Wildman–Crippen LogP) is 3.83. The van der Waals surface area contributed by atoms with Gasteiger partial charge < -0.3 is 16.0 Å². The van der Waals surface area contributed by atoms with Gasteiger partial charge in [0.15, 0.2) is 5.96 Å². The van der Waals surface area contributed by atoms with Crippen molar-refractivity contribution in [3.05, 3.63) is 70.7 Å². The maximum Gasteiger partial charge on any atom is 0.251 e. The van der Waals surface area contributed by atoms with Crippen molar-refractivity contribution in [3.8, 4) is 0 Å². The molecule has 0 heterocycles. The summed E-state index contributed by atoms with van der Waals surface area (Å²) in [6.07, 6.45) is 0.809. The third-order valence-electron chi connectivity index (χ3n) is 3.64. The van der Waals surface area contributed by atoms with Crippen molar-refractivity contribution in [1.29, 1.82) is 0 Å². The maximum atomic E-state index is 12.0. The lowest BCUT2D eigenvalue weighted by atomic mass is 10.2. The van der Waals surface area contributed by atoms with Gasteiger partial charge in [-0.25, -0.2) is 4.99 Å². The molecule has 5 nitrogen and oxygen atoms in total. The highest BCUT2D eigenvalue weighted by Gasteiger charge is 2.03. The number of hydrogen-bond acceptors (Lipinski definition) is 2. The number of rotatable bonds is 8. The molecule has 7 heteroatoms. The monoisotopic (exact) mass is 500 g/mol. The van der Waals surface area contributed by atoms with E-state index in [1.807, 2.05) is 49.4 Å². The van der Waals surface area contributed by atoms with Crippen LogP contribution in [0.15, 0.2) is 59.6 Å². The van der Waals surface area contributed by atoms with Gasteiger partial charge in [0, 0.05) is 30.2 Å². The summed E-state index contributed by atoms with van der Waals surface area (Å²) in [5, 5.41) is 10.1. The lowest BCUT2D eigenvalue weighted by molar-refractivity contribution is 0.0953. The van der Waals surface area contributed by atoms with Crippen molar-refractivity contribution < 1.29 is 4.79 Å².